The van der Waals surface area contributed by atoms with Crippen LogP contribution in [0.4, 0.5) is 13.2 Å². The third-order valence-electron chi connectivity index (χ3n) is 4.07. The van der Waals surface area contributed by atoms with Crippen LogP contribution in [0.15, 0.2) is 35.5 Å². The number of aromatic nitrogens is 5. The van der Waals surface area contributed by atoms with Gasteiger partial charge in [-0.2, -0.15) is 23.0 Å². The van der Waals surface area contributed by atoms with Gasteiger partial charge in [-0.05, 0) is 30.0 Å². The maximum atomic E-state index is 13.0. The van der Waals surface area contributed by atoms with Gasteiger partial charge in [-0.25, -0.2) is 9.97 Å². The first-order chi connectivity index (χ1) is 12.8. The predicted octanol–water partition coefficient (Wildman–Crippen LogP) is 5.09. The van der Waals surface area contributed by atoms with E-state index in [4.69, 9.17) is 11.6 Å². The number of pyridine rings is 1. The van der Waals surface area contributed by atoms with Crippen molar-refractivity contribution < 1.29 is 13.2 Å². The number of hydrogen-bond donors (Lipinski definition) is 0. The highest BCUT2D eigenvalue weighted by Crippen LogP contribution is 2.34. The van der Waals surface area contributed by atoms with Crippen molar-refractivity contribution in [2.24, 2.45) is 7.05 Å². The quantitative estimate of drug-likeness (QED) is 0.440. The Bertz CT molecular complexity index is 1160. The largest absolute Gasteiger partial charge is 0.417 e. The van der Waals surface area contributed by atoms with Gasteiger partial charge in [0.2, 0.25) is 5.95 Å². The number of imidazole rings is 1. The van der Waals surface area contributed by atoms with Crippen molar-refractivity contribution in [3.63, 3.8) is 0 Å². The molecule has 10 heteroatoms. The number of fused-ring (bicyclic) bond motifs is 2. The van der Waals surface area contributed by atoms with E-state index in [0.29, 0.717) is 16.6 Å². The van der Waals surface area contributed by atoms with Crippen LogP contribution in [-0.2, 0) is 13.2 Å². The molecule has 140 valence electrons. The zero-order chi connectivity index (χ0) is 19.3. The van der Waals surface area contributed by atoms with Crippen LogP contribution < -0.4 is 0 Å². The molecule has 1 aromatic carbocycles. The number of aryl methyl sites for hydroxylation is 1. The van der Waals surface area contributed by atoms with Gasteiger partial charge < -0.3 is 0 Å². The minimum atomic E-state index is -4.47. The molecule has 0 bridgehead atoms. The zero-order valence-corrected chi connectivity index (χ0v) is 15.8. The van der Waals surface area contributed by atoms with Crippen molar-refractivity contribution in [3.8, 4) is 5.95 Å². The van der Waals surface area contributed by atoms with Crippen LogP contribution in [0.1, 0.15) is 12.5 Å². The first-order valence-corrected chi connectivity index (χ1v) is 9.37. The van der Waals surface area contributed by atoms with Crippen LogP contribution in [0, 0.1) is 0 Å². The molecule has 0 atom stereocenters. The summed E-state index contributed by atoms with van der Waals surface area (Å²) < 4.78 is 42.2. The summed E-state index contributed by atoms with van der Waals surface area (Å²) in [5.74, 6) is 1.17. The Kier molecular flexibility index (Phi) is 4.31. The minimum Gasteiger partial charge on any atom is -0.296 e. The summed E-state index contributed by atoms with van der Waals surface area (Å²) in [5, 5.41) is 6.85. The molecule has 3 heterocycles. The molecule has 4 rings (SSSR count). The summed E-state index contributed by atoms with van der Waals surface area (Å²) in [5.41, 5.74) is 0.405. The van der Waals surface area contributed by atoms with E-state index in [1.165, 1.54) is 0 Å². The second-order valence-corrected chi connectivity index (χ2v) is 7.54. The molecule has 3 aromatic heterocycles. The third kappa shape index (κ3) is 3.04. The molecule has 0 N–H and O–H groups in total. The minimum absolute atomic E-state index is 0.160. The Morgan fingerprint density at radius 3 is 2.67 bits per heavy atom. The molecule has 0 fully saturated rings. The van der Waals surface area contributed by atoms with Gasteiger partial charge in [0.1, 0.15) is 10.5 Å². The summed E-state index contributed by atoms with van der Waals surface area (Å²) in [6, 6.07) is 6.36. The van der Waals surface area contributed by atoms with Crippen molar-refractivity contribution >= 4 is 45.4 Å². The van der Waals surface area contributed by atoms with E-state index in [0.717, 1.165) is 33.9 Å². The van der Waals surface area contributed by atoms with E-state index in [1.54, 1.807) is 40.2 Å². The third-order valence-corrected chi connectivity index (χ3v) is 5.26. The van der Waals surface area contributed by atoms with Gasteiger partial charge in [-0.15, -0.1) is 11.8 Å². The molecule has 4 aromatic rings. The maximum absolute atomic E-state index is 13.0. The van der Waals surface area contributed by atoms with Gasteiger partial charge in [0.05, 0.1) is 11.1 Å². The standard InChI is InChI=1S/C17H13ClF3N5S/c1-3-27-15-11-7-10(18)4-5-12(11)24-26(15)16-23-13-6-9(17(19,20)21)8-22-14(13)25(16)2/h4-8H,3H2,1-2H3. The van der Waals surface area contributed by atoms with E-state index in [9.17, 15) is 13.2 Å². The van der Waals surface area contributed by atoms with Gasteiger partial charge in [0.15, 0.2) is 5.65 Å². The lowest BCUT2D eigenvalue weighted by Crippen LogP contribution is -2.07. The molecule has 0 spiro atoms. The summed E-state index contributed by atoms with van der Waals surface area (Å²) in [4.78, 5) is 8.32. The Hall–Kier alpha value is -2.26. The fourth-order valence-corrected chi connectivity index (χ4v) is 3.86. The molecule has 0 radical (unpaired) electrons. The summed E-state index contributed by atoms with van der Waals surface area (Å²) >= 11 is 7.67. The van der Waals surface area contributed by atoms with E-state index < -0.39 is 11.7 Å². The molecule has 0 aliphatic heterocycles. The molecule has 5 nitrogen and oxygen atoms in total. The van der Waals surface area contributed by atoms with Crippen molar-refractivity contribution in [1.29, 1.82) is 0 Å². The smallest absolute Gasteiger partial charge is 0.296 e. The van der Waals surface area contributed by atoms with Crippen LogP contribution in [0.2, 0.25) is 5.02 Å². The fraction of sp³-hybridized carbons (Fsp3) is 0.235. The number of alkyl halides is 3. The van der Waals surface area contributed by atoms with Crippen molar-refractivity contribution in [2.45, 2.75) is 18.1 Å². The maximum Gasteiger partial charge on any atom is 0.417 e. The monoisotopic (exact) mass is 411 g/mol. The number of thioether (sulfide) groups is 1. The first-order valence-electron chi connectivity index (χ1n) is 8.00. The molecular formula is C17H13ClF3N5S. The Balaban J connectivity index is 1.96. The highest BCUT2D eigenvalue weighted by atomic mass is 35.5. The molecule has 0 amide bonds. The van der Waals surface area contributed by atoms with Crippen LogP contribution in [0.25, 0.3) is 28.0 Å². The van der Waals surface area contributed by atoms with Gasteiger partial charge >= 0.3 is 6.18 Å². The van der Waals surface area contributed by atoms with Gasteiger partial charge in [0, 0.05) is 23.7 Å². The van der Waals surface area contributed by atoms with E-state index in [1.807, 2.05) is 13.0 Å². The highest BCUT2D eigenvalue weighted by Gasteiger charge is 2.32. The molecule has 27 heavy (non-hydrogen) atoms. The van der Waals surface area contributed by atoms with Gasteiger partial charge in [-0.1, -0.05) is 18.5 Å². The van der Waals surface area contributed by atoms with Crippen molar-refractivity contribution in [1.82, 2.24) is 24.3 Å². The number of rotatable bonds is 3. The van der Waals surface area contributed by atoms with Crippen LogP contribution in [0.3, 0.4) is 0 Å². The lowest BCUT2D eigenvalue weighted by Gasteiger charge is -2.06. The normalized spacial score (nSPS) is 12.4. The zero-order valence-electron chi connectivity index (χ0n) is 14.3. The number of halogens is 4. The van der Waals surface area contributed by atoms with E-state index in [2.05, 4.69) is 15.1 Å². The van der Waals surface area contributed by atoms with Crippen molar-refractivity contribution in [2.75, 3.05) is 5.75 Å². The van der Waals surface area contributed by atoms with Crippen LogP contribution in [-0.4, -0.2) is 30.1 Å². The highest BCUT2D eigenvalue weighted by molar-refractivity contribution is 7.99. The Morgan fingerprint density at radius 1 is 1.19 bits per heavy atom. The average molecular weight is 412 g/mol. The van der Waals surface area contributed by atoms with E-state index in [-0.39, 0.29) is 5.52 Å². The Labute approximate surface area is 161 Å². The van der Waals surface area contributed by atoms with Gasteiger partial charge in [0.25, 0.3) is 0 Å². The summed E-state index contributed by atoms with van der Waals surface area (Å²) in [6.07, 6.45) is -3.66. The molecule has 0 unspecified atom stereocenters. The van der Waals surface area contributed by atoms with Gasteiger partial charge in [-0.3, -0.25) is 4.57 Å². The topological polar surface area (TPSA) is 48.5 Å². The summed E-state index contributed by atoms with van der Waals surface area (Å²) in [6.45, 7) is 2.00. The van der Waals surface area contributed by atoms with Crippen LogP contribution >= 0.6 is 23.4 Å². The predicted molar refractivity (Wildman–Crippen MR) is 99.5 cm³/mol. The van der Waals surface area contributed by atoms with E-state index >= 15 is 0 Å². The average Bonchev–Trinajstić information content (AvgIpc) is 3.12. The van der Waals surface area contributed by atoms with Crippen molar-refractivity contribution in [3.05, 3.63) is 41.0 Å². The molecule has 0 saturated heterocycles. The fourth-order valence-electron chi connectivity index (χ4n) is 2.85. The second kappa shape index (κ2) is 6.42. The molecule has 0 aliphatic carbocycles. The number of hydrogen-bond acceptors (Lipinski definition) is 4. The molecule has 0 saturated carbocycles. The molecular weight excluding hydrogens is 399 g/mol. The first kappa shape index (κ1) is 18.1. The number of nitrogens with zero attached hydrogens (tertiary/aromatic N) is 5. The second-order valence-electron chi connectivity index (χ2n) is 5.85. The lowest BCUT2D eigenvalue weighted by atomic mass is 10.2. The number of benzene rings is 1. The van der Waals surface area contributed by atoms with Crippen LogP contribution in [0.5, 0.6) is 0 Å². The lowest BCUT2D eigenvalue weighted by molar-refractivity contribution is -0.137. The SMILES string of the molecule is CCSc1c2cc(Cl)ccc2nn1-c1nc2cc(C(F)(F)F)cnc2n1C. The Morgan fingerprint density at radius 2 is 1.96 bits per heavy atom. The molecule has 0 aliphatic rings. The summed E-state index contributed by atoms with van der Waals surface area (Å²) in [7, 11) is 1.70.